The SMILES string of the molecule is CN(C)CCNC(=O)CC1CC2(CCN(C(=O)NC3C4CC5CC(C4)CC3C5)CC2)c2c(Br)cccc21. The molecule has 4 saturated carbocycles. The van der Waals surface area contributed by atoms with E-state index in [-0.39, 0.29) is 23.3 Å². The molecule has 1 aromatic carbocycles. The van der Waals surface area contributed by atoms with Gasteiger partial charge in [0.25, 0.3) is 0 Å². The zero-order valence-electron chi connectivity index (χ0n) is 22.5. The molecule has 5 aliphatic carbocycles. The molecule has 0 aromatic heterocycles. The Kier molecular flexibility index (Phi) is 7.06. The standard InChI is InChI=1S/C30H43BrN4O2/c1-34(2)11-8-32-26(36)17-23-18-30(27-24(23)4-3-5-25(27)31)6-9-35(10-7-30)29(37)33-28-21-13-19-12-20(15-21)16-22(28)14-19/h3-5,19-23,28H,6-18H2,1-2H3,(H,32,36)(H,33,37). The fraction of sp³-hybridized carbons (Fsp3) is 0.733. The average molecular weight is 572 g/mol. The second kappa shape index (κ2) is 10.2. The summed E-state index contributed by atoms with van der Waals surface area (Å²) in [6.07, 6.45) is 10.2. The van der Waals surface area contributed by atoms with Crippen molar-refractivity contribution >= 4 is 27.9 Å². The Morgan fingerprint density at radius 2 is 1.73 bits per heavy atom. The Morgan fingerprint density at radius 3 is 2.38 bits per heavy atom. The summed E-state index contributed by atoms with van der Waals surface area (Å²) in [7, 11) is 4.05. The summed E-state index contributed by atoms with van der Waals surface area (Å²) in [6.45, 7) is 3.12. The minimum absolute atomic E-state index is 0.0451. The van der Waals surface area contributed by atoms with E-state index in [9.17, 15) is 9.59 Å². The molecule has 5 fully saturated rings. The van der Waals surface area contributed by atoms with Crippen LogP contribution in [-0.2, 0) is 10.2 Å². The molecule has 1 heterocycles. The van der Waals surface area contributed by atoms with Crippen LogP contribution in [0.2, 0.25) is 0 Å². The molecule has 1 aromatic rings. The first-order chi connectivity index (χ1) is 17.8. The first-order valence-electron chi connectivity index (χ1n) is 14.6. The molecule has 3 amide bonds. The summed E-state index contributed by atoms with van der Waals surface area (Å²) in [4.78, 5) is 30.4. The van der Waals surface area contributed by atoms with Gasteiger partial charge in [0.2, 0.25) is 5.91 Å². The first kappa shape index (κ1) is 25.7. The maximum atomic E-state index is 13.4. The fourth-order valence-electron chi connectivity index (χ4n) is 9.01. The third-order valence-electron chi connectivity index (χ3n) is 10.5. The predicted octanol–water partition coefficient (Wildman–Crippen LogP) is 4.87. The third-order valence-corrected chi connectivity index (χ3v) is 11.2. The minimum atomic E-state index is 0.0451. The third kappa shape index (κ3) is 4.95. The van der Waals surface area contributed by atoms with Crippen LogP contribution >= 0.6 is 15.9 Å². The van der Waals surface area contributed by atoms with Crippen molar-refractivity contribution in [1.82, 2.24) is 20.4 Å². The molecule has 6 nitrogen and oxygen atoms in total. The quantitative estimate of drug-likeness (QED) is 0.512. The maximum absolute atomic E-state index is 13.4. The molecular weight excluding hydrogens is 528 g/mol. The minimum Gasteiger partial charge on any atom is -0.355 e. The average Bonchev–Trinajstić information content (AvgIpc) is 3.14. The van der Waals surface area contributed by atoms with Gasteiger partial charge >= 0.3 is 6.03 Å². The van der Waals surface area contributed by atoms with Crippen LogP contribution in [0.4, 0.5) is 4.79 Å². The highest BCUT2D eigenvalue weighted by atomic mass is 79.9. The van der Waals surface area contributed by atoms with Crippen LogP contribution in [0.5, 0.6) is 0 Å². The van der Waals surface area contributed by atoms with E-state index in [4.69, 9.17) is 0 Å². The van der Waals surface area contributed by atoms with Gasteiger partial charge in [-0.25, -0.2) is 4.79 Å². The summed E-state index contributed by atoms with van der Waals surface area (Å²) in [5.74, 6) is 3.64. The van der Waals surface area contributed by atoms with Crippen molar-refractivity contribution in [3.05, 3.63) is 33.8 Å². The molecule has 1 spiro atoms. The number of carbonyl (C=O) groups excluding carboxylic acids is 2. The number of benzene rings is 1. The van der Waals surface area contributed by atoms with Crippen molar-refractivity contribution in [3.63, 3.8) is 0 Å². The molecule has 6 aliphatic rings. The number of hydrogen-bond acceptors (Lipinski definition) is 3. The van der Waals surface area contributed by atoms with Gasteiger partial charge in [-0.1, -0.05) is 28.1 Å². The zero-order valence-corrected chi connectivity index (χ0v) is 24.1. The largest absolute Gasteiger partial charge is 0.355 e. The molecule has 1 unspecified atom stereocenters. The fourth-order valence-corrected chi connectivity index (χ4v) is 9.81. The number of likely N-dealkylation sites (N-methyl/N-ethyl adjacent to an activating group) is 1. The number of rotatable bonds is 6. The van der Waals surface area contributed by atoms with Crippen molar-refractivity contribution < 1.29 is 9.59 Å². The number of hydrogen-bond donors (Lipinski definition) is 2. The van der Waals surface area contributed by atoms with E-state index in [1.165, 1.54) is 43.2 Å². The summed E-state index contributed by atoms with van der Waals surface area (Å²) in [5.41, 5.74) is 2.76. The number of carbonyl (C=O) groups is 2. The van der Waals surface area contributed by atoms with Crippen molar-refractivity contribution in [3.8, 4) is 0 Å². The zero-order chi connectivity index (χ0) is 25.7. The van der Waals surface area contributed by atoms with Gasteiger partial charge in [0.15, 0.2) is 0 Å². The Labute approximate surface area is 230 Å². The van der Waals surface area contributed by atoms with Gasteiger partial charge in [-0.2, -0.15) is 0 Å². The monoisotopic (exact) mass is 570 g/mol. The van der Waals surface area contributed by atoms with E-state index in [2.05, 4.69) is 54.6 Å². The van der Waals surface area contributed by atoms with E-state index in [1.807, 2.05) is 14.1 Å². The van der Waals surface area contributed by atoms with E-state index in [0.29, 0.717) is 30.8 Å². The maximum Gasteiger partial charge on any atom is 0.317 e. The van der Waals surface area contributed by atoms with Crippen LogP contribution in [-0.4, -0.2) is 68.1 Å². The van der Waals surface area contributed by atoms with Crippen LogP contribution in [0, 0.1) is 23.7 Å². The Balaban J connectivity index is 1.09. The summed E-state index contributed by atoms with van der Waals surface area (Å²) in [5, 5.41) is 6.63. The molecule has 2 N–H and O–H groups in total. The van der Waals surface area contributed by atoms with Crippen molar-refractivity contribution in [2.45, 2.75) is 75.2 Å². The lowest BCUT2D eigenvalue weighted by Crippen LogP contribution is -2.59. The molecular formula is C30H43BrN4O2. The second-order valence-corrected chi connectivity index (χ2v) is 14.0. The number of piperidine rings is 1. The highest BCUT2D eigenvalue weighted by Gasteiger charge is 2.50. The molecule has 1 saturated heterocycles. The highest BCUT2D eigenvalue weighted by molar-refractivity contribution is 9.10. The van der Waals surface area contributed by atoms with Gasteiger partial charge < -0.3 is 20.4 Å². The van der Waals surface area contributed by atoms with Crippen LogP contribution in [0.15, 0.2) is 22.7 Å². The van der Waals surface area contributed by atoms with E-state index in [0.717, 1.165) is 55.2 Å². The summed E-state index contributed by atoms with van der Waals surface area (Å²) in [6, 6.07) is 7.03. The van der Waals surface area contributed by atoms with Crippen LogP contribution in [0.3, 0.4) is 0 Å². The number of amides is 3. The van der Waals surface area contributed by atoms with E-state index < -0.39 is 0 Å². The second-order valence-electron chi connectivity index (χ2n) is 13.1. The topological polar surface area (TPSA) is 64.7 Å². The molecule has 7 rings (SSSR count). The lowest BCUT2D eigenvalue weighted by Gasteiger charge is -2.54. The Hall–Kier alpha value is -1.60. The van der Waals surface area contributed by atoms with Crippen LogP contribution < -0.4 is 10.6 Å². The van der Waals surface area contributed by atoms with Gasteiger partial charge in [-0.15, -0.1) is 0 Å². The van der Waals surface area contributed by atoms with Crippen molar-refractivity contribution in [1.29, 1.82) is 0 Å². The van der Waals surface area contributed by atoms with Crippen molar-refractivity contribution in [2.75, 3.05) is 40.3 Å². The first-order valence-corrected chi connectivity index (χ1v) is 15.4. The number of nitrogens with one attached hydrogen (secondary N) is 2. The van der Waals surface area contributed by atoms with Gasteiger partial charge in [0, 0.05) is 48.5 Å². The predicted molar refractivity (Wildman–Crippen MR) is 150 cm³/mol. The number of urea groups is 1. The molecule has 4 bridgehead atoms. The number of nitrogens with zero attached hydrogens (tertiary/aromatic N) is 2. The molecule has 7 heteroatoms. The number of fused-ring (bicyclic) bond motifs is 2. The number of likely N-dealkylation sites (tertiary alicyclic amines) is 1. The van der Waals surface area contributed by atoms with Crippen LogP contribution in [0.25, 0.3) is 0 Å². The van der Waals surface area contributed by atoms with Gasteiger partial charge in [0.1, 0.15) is 0 Å². The summed E-state index contributed by atoms with van der Waals surface area (Å²) >= 11 is 3.86. The Bertz CT molecular complexity index is 1010. The molecule has 1 atom stereocenters. The smallest absolute Gasteiger partial charge is 0.317 e. The van der Waals surface area contributed by atoms with Gasteiger partial charge in [-0.3, -0.25) is 4.79 Å². The van der Waals surface area contributed by atoms with Crippen molar-refractivity contribution in [2.24, 2.45) is 23.7 Å². The molecule has 202 valence electrons. The van der Waals surface area contributed by atoms with Crippen LogP contribution in [0.1, 0.15) is 74.8 Å². The number of halogens is 1. The van der Waals surface area contributed by atoms with E-state index >= 15 is 0 Å². The molecule has 37 heavy (non-hydrogen) atoms. The van der Waals surface area contributed by atoms with Gasteiger partial charge in [-0.05, 0) is 112 Å². The lowest BCUT2D eigenvalue weighted by molar-refractivity contribution is -0.121. The molecule has 1 aliphatic heterocycles. The Morgan fingerprint density at radius 1 is 1.05 bits per heavy atom. The highest BCUT2D eigenvalue weighted by Crippen LogP contribution is 2.56. The summed E-state index contributed by atoms with van der Waals surface area (Å²) < 4.78 is 1.16. The molecule has 0 radical (unpaired) electrons. The van der Waals surface area contributed by atoms with E-state index in [1.54, 1.807) is 0 Å². The van der Waals surface area contributed by atoms with Gasteiger partial charge in [0.05, 0.1) is 0 Å². The lowest BCUT2D eigenvalue weighted by atomic mass is 9.54. The normalized spacial score (nSPS) is 33.1.